The number of hydrogen-bond acceptors (Lipinski definition) is 5. The number of amides is 2. The van der Waals surface area contributed by atoms with Crippen LogP contribution in [-0.4, -0.2) is 29.9 Å². The molecule has 3 rings (SSSR count). The van der Waals surface area contributed by atoms with Gasteiger partial charge in [0.05, 0.1) is 12.1 Å². The van der Waals surface area contributed by atoms with Crippen LogP contribution in [0.2, 0.25) is 0 Å². The maximum Gasteiger partial charge on any atom is 0.267 e. The standard InChI is InChI=1S/C15H15N3O3S/c1-9-14(20)18(2)11-7-10(3-4-12(11)21-9)8-13(19)17-15-16-5-6-22-15/h3-7,9H,8H2,1-2H3,(H,16,17,19). The molecule has 2 aromatic rings. The Morgan fingerprint density at radius 2 is 2.32 bits per heavy atom. The van der Waals surface area contributed by atoms with Crippen LogP contribution in [-0.2, 0) is 16.0 Å². The van der Waals surface area contributed by atoms with Crippen LogP contribution in [0.15, 0.2) is 29.8 Å². The van der Waals surface area contributed by atoms with Gasteiger partial charge in [-0.05, 0) is 24.6 Å². The fourth-order valence-electron chi connectivity index (χ4n) is 2.30. The van der Waals surface area contributed by atoms with Gasteiger partial charge in [-0.25, -0.2) is 4.98 Å². The van der Waals surface area contributed by atoms with E-state index in [2.05, 4.69) is 10.3 Å². The molecule has 1 aliphatic rings. The smallest absolute Gasteiger partial charge is 0.267 e. The summed E-state index contributed by atoms with van der Waals surface area (Å²) < 4.78 is 5.56. The fourth-order valence-corrected chi connectivity index (χ4v) is 2.85. The first-order valence-corrected chi connectivity index (χ1v) is 7.69. The first kappa shape index (κ1) is 14.5. The molecule has 0 saturated carbocycles. The van der Waals surface area contributed by atoms with E-state index in [0.29, 0.717) is 16.6 Å². The van der Waals surface area contributed by atoms with Gasteiger partial charge in [0, 0.05) is 18.6 Å². The molecule has 1 aromatic heterocycles. The number of nitrogens with one attached hydrogen (secondary N) is 1. The lowest BCUT2D eigenvalue weighted by Crippen LogP contribution is -2.42. The number of benzene rings is 1. The van der Waals surface area contributed by atoms with Crippen LogP contribution in [0.4, 0.5) is 10.8 Å². The van der Waals surface area contributed by atoms with Crippen LogP contribution in [0.25, 0.3) is 0 Å². The Kier molecular flexibility index (Phi) is 3.81. The zero-order valence-electron chi connectivity index (χ0n) is 12.2. The van der Waals surface area contributed by atoms with Gasteiger partial charge in [-0.15, -0.1) is 11.3 Å². The summed E-state index contributed by atoms with van der Waals surface area (Å²) in [6.07, 6.45) is 1.36. The lowest BCUT2D eigenvalue weighted by molar-refractivity contribution is -0.125. The molecule has 1 aromatic carbocycles. The largest absolute Gasteiger partial charge is 0.479 e. The molecule has 0 aliphatic carbocycles. The third-order valence-corrected chi connectivity index (χ3v) is 4.10. The van der Waals surface area contributed by atoms with Gasteiger partial charge in [0.15, 0.2) is 11.2 Å². The first-order chi connectivity index (χ1) is 10.5. The minimum absolute atomic E-state index is 0.100. The van der Waals surface area contributed by atoms with Gasteiger partial charge in [-0.3, -0.25) is 9.59 Å². The van der Waals surface area contributed by atoms with E-state index < -0.39 is 6.10 Å². The molecule has 2 heterocycles. The summed E-state index contributed by atoms with van der Waals surface area (Å²) in [7, 11) is 1.71. The topological polar surface area (TPSA) is 71.5 Å². The zero-order valence-corrected chi connectivity index (χ0v) is 13.0. The molecular weight excluding hydrogens is 302 g/mol. The zero-order chi connectivity index (χ0) is 15.7. The number of anilines is 2. The summed E-state index contributed by atoms with van der Waals surface area (Å²) in [6.45, 7) is 1.72. The number of fused-ring (bicyclic) bond motifs is 1. The quantitative estimate of drug-likeness (QED) is 0.940. The van der Waals surface area contributed by atoms with Crippen LogP contribution in [0.3, 0.4) is 0 Å². The molecule has 1 N–H and O–H groups in total. The SMILES string of the molecule is CC1Oc2ccc(CC(=O)Nc3nccs3)cc2N(C)C1=O. The van der Waals surface area contributed by atoms with Gasteiger partial charge in [0.2, 0.25) is 5.91 Å². The fraction of sp³-hybridized carbons (Fsp3) is 0.267. The Labute approximate surface area is 131 Å². The second-order valence-electron chi connectivity index (χ2n) is 5.02. The minimum Gasteiger partial charge on any atom is -0.479 e. The van der Waals surface area contributed by atoms with Crippen LogP contribution < -0.4 is 15.0 Å². The Balaban J connectivity index is 1.76. The van der Waals surface area contributed by atoms with E-state index in [0.717, 1.165) is 5.56 Å². The number of hydrogen-bond donors (Lipinski definition) is 1. The summed E-state index contributed by atoms with van der Waals surface area (Å²) >= 11 is 1.37. The number of carbonyl (C=O) groups excluding carboxylic acids is 2. The van der Waals surface area contributed by atoms with E-state index >= 15 is 0 Å². The normalized spacial score (nSPS) is 16.9. The highest BCUT2D eigenvalue weighted by molar-refractivity contribution is 7.13. The number of carbonyl (C=O) groups is 2. The highest BCUT2D eigenvalue weighted by Crippen LogP contribution is 2.34. The first-order valence-electron chi connectivity index (χ1n) is 6.81. The summed E-state index contributed by atoms with van der Waals surface area (Å²) in [5.41, 5.74) is 1.49. The van der Waals surface area contributed by atoms with Crippen molar-refractivity contribution in [3.05, 3.63) is 35.3 Å². The molecule has 6 nitrogen and oxygen atoms in total. The van der Waals surface area contributed by atoms with E-state index in [1.807, 2.05) is 6.07 Å². The predicted molar refractivity (Wildman–Crippen MR) is 84.4 cm³/mol. The van der Waals surface area contributed by atoms with Gasteiger partial charge >= 0.3 is 0 Å². The second-order valence-corrected chi connectivity index (χ2v) is 5.92. The third-order valence-electron chi connectivity index (χ3n) is 3.41. The van der Waals surface area contributed by atoms with Gasteiger partial charge in [0.25, 0.3) is 5.91 Å². The van der Waals surface area contributed by atoms with Crippen molar-refractivity contribution in [3.63, 3.8) is 0 Å². The minimum atomic E-state index is -0.489. The van der Waals surface area contributed by atoms with E-state index in [-0.39, 0.29) is 18.2 Å². The summed E-state index contributed by atoms with van der Waals surface area (Å²) in [6, 6.07) is 5.43. The van der Waals surface area contributed by atoms with Crippen molar-refractivity contribution in [2.45, 2.75) is 19.4 Å². The Hall–Kier alpha value is -2.41. The van der Waals surface area contributed by atoms with Crippen LogP contribution >= 0.6 is 11.3 Å². The van der Waals surface area contributed by atoms with E-state index in [4.69, 9.17) is 4.74 Å². The van der Waals surface area contributed by atoms with Crippen molar-refractivity contribution in [2.24, 2.45) is 0 Å². The Bertz CT molecular complexity index is 715. The van der Waals surface area contributed by atoms with Gasteiger partial charge in [-0.2, -0.15) is 0 Å². The summed E-state index contributed by atoms with van der Waals surface area (Å²) in [5.74, 6) is 0.407. The molecule has 0 spiro atoms. The molecule has 7 heteroatoms. The number of nitrogens with zero attached hydrogens (tertiary/aromatic N) is 2. The highest BCUT2D eigenvalue weighted by Gasteiger charge is 2.28. The van der Waals surface area contributed by atoms with Crippen LogP contribution in [0.5, 0.6) is 5.75 Å². The Morgan fingerprint density at radius 3 is 3.05 bits per heavy atom. The van der Waals surface area contributed by atoms with Gasteiger partial charge in [0.1, 0.15) is 5.75 Å². The van der Waals surface area contributed by atoms with E-state index in [1.165, 1.54) is 11.3 Å². The molecule has 0 saturated heterocycles. The van der Waals surface area contributed by atoms with Crippen LogP contribution in [0, 0.1) is 0 Å². The summed E-state index contributed by atoms with van der Waals surface area (Å²) in [4.78, 5) is 29.5. The molecule has 1 atom stereocenters. The molecule has 1 unspecified atom stereocenters. The maximum absolute atomic E-state index is 12.0. The molecular formula is C15H15N3O3S. The number of aromatic nitrogens is 1. The van der Waals surface area contributed by atoms with Crippen molar-refractivity contribution in [2.75, 3.05) is 17.3 Å². The van der Waals surface area contributed by atoms with Crippen molar-refractivity contribution in [3.8, 4) is 5.75 Å². The Morgan fingerprint density at radius 1 is 1.50 bits per heavy atom. The van der Waals surface area contributed by atoms with Crippen molar-refractivity contribution in [1.82, 2.24) is 4.98 Å². The lowest BCUT2D eigenvalue weighted by Gasteiger charge is -2.30. The molecule has 0 bridgehead atoms. The summed E-state index contributed by atoms with van der Waals surface area (Å²) in [5, 5.41) is 5.11. The van der Waals surface area contributed by atoms with Gasteiger partial charge < -0.3 is 15.0 Å². The number of ether oxygens (including phenoxy) is 1. The van der Waals surface area contributed by atoms with E-state index in [1.54, 1.807) is 42.6 Å². The third kappa shape index (κ3) is 2.80. The molecule has 0 radical (unpaired) electrons. The lowest BCUT2D eigenvalue weighted by atomic mass is 10.1. The van der Waals surface area contributed by atoms with Gasteiger partial charge in [-0.1, -0.05) is 6.07 Å². The average Bonchev–Trinajstić information content (AvgIpc) is 2.98. The van der Waals surface area contributed by atoms with E-state index in [9.17, 15) is 9.59 Å². The number of rotatable bonds is 3. The second kappa shape index (κ2) is 5.76. The van der Waals surface area contributed by atoms with Crippen LogP contribution in [0.1, 0.15) is 12.5 Å². The highest BCUT2D eigenvalue weighted by atomic mass is 32.1. The molecule has 22 heavy (non-hydrogen) atoms. The van der Waals surface area contributed by atoms with Crippen molar-refractivity contribution in [1.29, 1.82) is 0 Å². The molecule has 2 amide bonds. The maximum atomic E-state index is 12.0. The number of thiazole rings is 1. The predicted octanol–water partition coefficient (Wildman–Crippen LogP) is 2.07. The molecule has 0 fully saturated rings. The number of likely N-dealkylation sites (N-methyl/N-ethyl adjacent to an activating group) is 1. The van der Waals surface area contributed by atoms with Crippen molar-refractivity contribution >= 4 is 34.0 Å². The monoisotopic (exact) mass is 317 g/mol. The van der Waals surface area contributed by atoms with Crippen molar-refractivity contribution < 1.29 is 14.3 Å². The average molecular weight is 317 g/mol. The molecule has 114 valence electrons. The molecule has 1 aliphatic heterocycles.